The fourth-order valence-corrected chi connectivity index (χ4v) is 17.5. The molecule has 1 aliphatic carbocycles. The second kappa shape index (κ2) is 37.9. The van der Waals surface area contributed by atoms with Crippen molar-refractivity contribution in [2.24, 2.45) is 0 Å². The maximum Gasteiger partial charge on any atom is 0.151 e. The largest absolute Gasteiger partial charge is 0.455 e. The first-order valence-corrected chi connectivity index (χ1v) is 44.2. The normalized spacial score (nSPS) is 11.5. The average Bonchev–Trinajstić information content (AvgIpc) is 1.54. The molecule has 21 rings (SSSR count). The van der Waals surface area contributed by atoms with Crippen LogP contribution in [0.1, 0.15) is 22.3 Å². The van der Waals surface area contributed by atoms with Crippen LogP contribution in [-0.2, 0) is 5.41 Å². The Labute approximate surface area is 773 Å². The first kappa shape index (κ1) is 82.0. The van der Waals surface area contributed by atoms with Crippen molar-refractivity contribution in [2.45, 2.75) is 5.41 Å². The Balaban J connectivity index is 0.940. The van der Waals surface area contributed by atoms with Crippen molar-refractivity contribution in [1.82, 2.24) is 0 Å². The van der Waals surface area contributed by atoms with E-state index in [1.165, 1.54) is 0 Å². The fraction of sp³-hybridized carbons (Fsp3) is 0.00826. The van der Waals surface area contributed by atoms with Crippen molar-refractivity contribution in [2.75, 3.05) is 19.6 Å². The number of ether oxygens (including phenoxy) is 8. The number of anilines is 12. The number of fused-ring (bicyclic) bond motifs is 3. The highest BCUT2D eigenvalue weighted by atomic mass is 16.5. The molecule has 133 heavy (non-hydrogen) atoms. The highest BCUT2D eigenvalue weighted by Crippen LogP contribution is 2.62. The third-order valence-corrected chi connectivity index (χ3v) is 23.3. The first-order valence-electron chi connectivity index (χ1n) is 44.2. The Morgan fingerprint density at radius 3 is 0.451 bits per heavy atom. The molecule has 12 heteroatoms. The topological polar surface area (TPSA) is 86.8 Å². The lowest BCUT2D eigenvalue weighted by Gasteiger charge is -2.39. The Morgan fingerprint density at radius 2 is 0.278 bits per heavy atom. The summed E-state index contributed by atoms with van der Waals surface area (Å²) in [5.41, 5.74) is 12.4. The number of rotatable bonds is 30. The molecule has 0 heterocycles. The molecule has 0 radical (unpaired) electrons. The van der Waals surface area contributed by atoms with Crippen molar-refractivity contribution in [3.05, 3.63) is 544 Å². The molecule has 20 aromatic carbocycles. The van der Waals surface area contributed by atoms with E-state index in [2.05, 4.69) is 202 Å². The van der Waals surface area contributed by atoms with Crippen LogP contribution in [-0.4, -0.2) is 0 Å². The van der Waals surface area contributed by atoms with Crippen molar-refractivity contribution < 1.29 is 37.9 Å². The number of hydrogen-bond donors (Lipinski definition) is 0. The summed E-state index contributed by atoms with van der Waals surface area (Å²) < 4.78 is 58.2. The minimum Gasteiger partial charge on any atom is -0.455 e. The van der Waals surface area contributed by atoms with Crippen LogP contribution in [0.3, 0.4) is 0 Å². The number of nitrogens with zero attached hydrogens (tertiary/aromatic N) is 4. The molecule has 20 aromatic rings. The molecule has 0 amide bonds. The molecule has 0 atom stereocenters. The highest BCUT2D eigenvalue weighted by molar-refractivity contribution is 5.96. The second-order valence-corrected chi connectivity index (χ2v) is 31.7. The summed E-state index contributed by atoms with van der Waals surface area (Å²) in [6.07, 6.45) is 0. The van der Waals surface area contributed by atoms with Gasteiger partial charge in [-0.25, -0.2) is 0 Å². The summed E-state index contributed by atoms with van der Waals surface area (Å²) in [4.78, 5) is 9.08. The van der Waals surface area contributed by atoms with Crippen LogP contribution in [0.5, 0.6) is 92.0 Å². The van der Waals surface area contributed by atoms with Gasteiger partial charge in [0.1, 0.15) is 46.0 Å². The van der Waals surface area contributed by atoms with E-state index in [0.29, 0.717) is 160 Å². The summed E-state index contributed by atoms with van der Waals surface area (Å²) in [5.74, 6) is 9.54. The molecule has 0 aliphatic heterocycles. The van der Waals surface area contributed by atoms with Crippen LogP contribution < -0.4 is 57.5 Å². The predicted octanol–water partition coefficient (Wildman–Crippen LogP) is 34.3. The smallest absolute Gasteiger partial charge is 0.151 e. The van der Waals surface area contributed by atoms with Gasteiger partial charge in [0, 0.05) is 22.7 Å². The molecule has 0 aromatic heterocycles. The molecule has 638 valence electrons. The maximum atomic E-state index is 7.28. The Bertz CT molecular complexity index is 6260. The maximum absolute atomic E-state index is 7.28. The monoisotopic (exact) mass is 1720 g/mol. The number of para-hydroxylation sites is 24. The van der Waals surface area contributed by atoms with Gasteiger partial charge in [0.05, 0.1) is 50.9 Å². The van der Waals surface area contributed by atoms with Crippen LogP contribution in [0.15, 0.2) is 522 Å². The third kappa shape index (κ3) is 17.2. The lowest BCUT2D eigenvalue weighted by Crippen LogP contribution is -2.30. The Morgan fingerprint density at radius 1 is 0.135 bits per heavy atom. The van der Waals surface area contributed by atoms with Crippen LogP contribution in [0, 0.1) is 0 Å². The van der Waals surface area contributed by atoms with Gasteiger partial charge in [-0.15, -0.1) is 0 Å². The minimum absolute atomic E-state index is 0.556. The molecule has 0 bridgehead atoms. The average molecular weight is 1720 g/mol. The second-order valence-electron chi connectivity index (χ2n) is 31.7. The standard InChI is InChI=1S/C121H86N4O8/c1-9-45-93(46-10-1)126-113-73-37-29-65-105(113)122(106-66-30-38-74-114(106)127-94-47-11-2-12-48-94)89-81-87(82-90(85-89)123(107-67-31-39-75-115(107)128-95-49-13-3-14-50-95)108-68-32-40-76-116(108)129-96-51-15-4-16-52-96)121(103-63-27-25-61-101(103)102-62-26-28-64-104(102)121)88-83-91(124(109-69-33-41-77-117(109)130-97-53-17-5-18-54-97)110-70-34-42-78-118(110)131-98-55-19-6-20-56-98)86-92(84-88)125(111-71-35-43-79-119(111)132-99-57-21-7-22-58-99)112-72-36-44-80-120(112)133-100-59-23-8-24-60-100/h1-86H. The summed E-state index contributed by atoms with van der Waals surface area (Å²) in [5, 5.41) is 0. The summed E-state index contributed by atoms with van der Waals surface area (Å²) in [6, 6.07) is 177. The van der Waals surface area contributed by atoms with E-state index in [1.807, 2.05) is 340 Å². The van der Waals surface area contributed by atoms with Gasteiger partial charge in [-0.3, -0.25) is 0 Å². The molecule has 1 aliphatic rings. The quantitative estimate of drug-likeness (QED) is 0.0430. The molecule has 0 saturated carbocycles. The molecular formula is C121H86N4O8. The van der Waals surface area contributed by atoms with Gasteiger partial charge in [-0.05, 0) is 264 Å². The van der Waals surface area contributed by atoms with Crippen LogP contribution in [0.25, 0.3) is 11.1 Å². The van der Waals surface area contributed by atoms with Crippen LogP contribution >= 0.6 is 0 Å². The molecule has 0 fully saturated rings. The molecule has 0 spiro atoms. The van der Waals surface area contributed by atoms with Gasteiger partial charge in [0.2, 0.25) is 0 Å². The SMILES string of the molecule is c1ccc(Oc2ccccc2N(c2cc(N(c3ccccc3Oc3ccccc3)c3ccccc3Oc3ccccc3)cc(C3(c4cc(N(c5ccccc5Oc5ccccc5)c5ccccc5Oc5ccccc5)cc(N(c5ccccc5Oc5ccccc5)c5ccccc5Oc5ccccc5)c4)c4ccccc4-c4ccccc43)c2)c2ccccc2Oc2ccccc2)cc1. The predicted molar refractivity (Wildman–Crippen MR) is 535 cm³/mol. The minimum atomic E-state index is -1.42. The van der Waals surface area contributed by atoms with Gasteiger partial charge in [0.15, 0.2) is 46.0 Å². The van der Waals surface area contributed by atoms with E-state index in [0.717, 1.165) is 33.4 Å². The zero-order chi connectivity index (χ0) is 88.9. The zero-order valence-corrected chi connectivity index (χ0v) is 72.2. The Hall–Kier alpha value is -18.0. The van der Waals surface area contributed by atoms with Crippen LogP contribution in [0.4, 0.5) is 68.2 Å². The molecule has 0 N–H and O–H groups in total. The van der Waals surface area contributed by atoms with Crippen molar-refractivity contribution in [3.8, 4) is 103 Å². The van der Waals surface area contributed by atoms with E-state index in [9.17, 15) is 0 Å². The Kier molecular flexibility index (Phi) is 23.4. The summed E-state index contributed by atoms with van der Waals surface area (Å²) in [7, 11) is 0. The number of hydrogen-bond acceptors (Lipinski definition) is 12. The van der Waals surface area contributed by atoms with Gasteiger partial charge in [-0.1, -0.05) is 291 Å². The third-order valence-electron chi connectivity index (χ3n) is 23.3. The lowest BCUT2D eigenvalue weighted by atomic mass is 9.67. The lowest BCUT2D eigenvalue weighted by molar-refractivity contribution is 0.479. The van der Waals surface area contributed by atoms with E-state index in [4.69, 9.17) is 37.9 Å². The molecule has 0 unspecified atom stereocenters. The van der Waals surface area contributed by atoms with Crippen LogP contribution in [0.2, 0.25) is 0 Å². The fourth-order valence-electron chi connectivity index (χ4n) is 17.5. The molecule has 12 nitrogen and oxygen atoms in total. The van der Waals surface area contributed by atoms with Gasteiger partial charge in [0.25, 0.3) is 0 Å². The van der Waals surface area contributed by atoms with Crippen molar-refractivity contribution in [1.29, 1.82) is 0 Å². The van der Waals surface area contributed by atoms with Crippen molar-refractivity contribution >= 4 is 68.2 Å². The van der Waals surface area contributed by atoms with E-state index in [1.54, 1.807) is 0 Å². The highest BCUT2D eigenvalue weighted by Gasteiger charge is 2.48. The number of benzene rings is 20. The molecule has 0 saturated heterocycles. The van der Waals surface area contributed by atoms with Gasteiger partial charge >= 0.3 is 0 Å². The van der Waals surface area contributed by atoms with Crippen molar-refractivity contribution in [3.63, 3.8) is 0 Å². The van der Waals surface area contributed by atoms with E-state index >= 15 is 0 Å². The van der Waals surface area contributed by atoms with Gasteiger partial charge in [-0.2, -0.15) is 0 Å². The van der Waals surface area contributed by atoms with Gasteiger partial charge < -0.3 is 57.5 Å². The van der Waals surface area contributed by atoms with E-state index in [-0.39, 0.29) is 0 Å². The summed E-state index contributed by atoms with van der Waals surface area (Å²) in [6.45, 7) is 0. The zero-order valence-electron chi connectivity index (χ0n) is 72.2. The molecular weight excluding hydrogens is 1640 g/mol. The summed E-state index contributed by atoms with van der Waals surface area (Å²) >= 11 is 0. The first-order chi connectivity index (χ1) is 65.9. The van der Waals surface area contributed by atoms with E-state index < -0.39 is 5.41 Å².